The quantitative estimate of drug-likeness (QED) is 0.214. The summed E-state index contributed by atoms with van der Waals surface area (Å²) in [4.78, 5) is 26.8. The lowest BCUT2D eigenvalue weighted by molar-refractivity contribution is -0.113. The summed E-state index contributed by atoms with van der Waals surface area (Å²) in [5.41, 5.74) is 6.84. The molecule has 8 nitrogen and oxygen atoms in total. The fourth-order valence-corrected chi connectivity index (χ4v) is 5.08. The molecule has 2 N–H and O–H groups in total. The zero-order valence-electron chi connectivity index (χ0n) is 21.7. The predicted molar refractivity (Wildman–Crippen MR) is 147 cm³/mol. The number of fused-ring (bicyclic) bond motifs is 2. The summed E-state index contributed by atoms with van der Waals surface area (Å²) in [6, 6.07) is 13.3. The lowest BCUT2D eigenvalue weighted by atomic mass is 9.99. The molecular weight excluding hydrogens is 500 g/mol. The number of carbonyl (C=O) groups is 1. The maximum atomic E-state index is 12.9. The van der Waals surface area contributed by atoms with Crippen molar-refractivity contribution in [3.8, 4) is 28.8 Å². The Bertz CT molecular complexity index is 1540. The van der Waals surface area contributed by atoms with E-state index in [0.717, 1.165) is 27.9 Å². The van der Waals surface area contributed by atoms with E-state index in [2.05, 4.69) is 10.3 Å². The van der Waals surface area contributed by atoms with Crippen LogP contribution >= 0.6 is 11.8 Å². The second-order valence-electron chi connectivity index (χ2n) is 9.12. The number of carbonyl (C=O) groups excluding carboxylic acids is 1. The van der Waals surface area contributed by atoms with Gasteiger partial charge in [0.25, 0.3) is 0 Å². The number of pyridine rings is 1. The first-order chi connectivity index (χ1) is 18.4. The molecule has 1 aliphatic rings. The number of aliphatic hydroxyl groups is 1. The van der Waals surface area contributed by atoms with Crippen molar-refractivity contribution in [3.63, 3.8) is 0 Å². The first kappa shape index (κ1) is 25.7. The Morgan fingerprint density at radius 1 is 1.11 bits per heavy atom. The number of nitrogens with zero attached hydrogens (tertiary/aromatic N) is 3. The molecule has 3 heterocycles. The minimum Gasteiger partial charge on any atom is -0.497 e. The van der Waals surface area contributed by atoms with Crippen molar-refractivity contribution in [3.05, 3.63) is 82.2 Å². The van der Waals surface area contributed by atoms with Gasteiger partial charge in [-0.3, -0.25) is 9.78 Å². The van der Waals surface area contributed by atoms with Crippen molar-refractivity contribution in [1.29, 1.82) is 0 Å². The molecule has 5 rings (SSSR count). The zero-order valence-corrected chi connectivity index (χ0v) is 22.5. The van der Waals surface area contributed by atoms with E-state index in [0.29, 0.717) is 45.9 Å². The highest BCUT2D eigenvalue weighted by Gasteiger charge is 2.28. The average molecular weight is 529 g/mol. The van der Waals surface area contributed by atoms with Crippen molar-refractivity contribution >= 4 is 23.4 Å². The maximum Gasteiger partial charge on any atom is 0.234 e. The summed E-state index contributed by atoms with van der Waals surface area (Å²) < 4.78 is 11.6. The van der Waals surface area contributed by atoms with Crippen LogP contribution in [0.1, 0.15) is 33.5 Å². The highest BCUT2D eigenvalue weighted by atomic mass is 32.2. The van der Waals surface area contributed by atoms with Gasteiger partial charge in [0.05, 0.1) is 30.7 Å². The number of thioether (sulfide) groups is 1. The number of methoxy groups -OCH3 is 1. The molecule has 2 aromatic heterocycles. The molecular formula is C29H28N4O4S. The standard InChI is InChI=1S/C29H28N4O4S/c1-16-8-9-21(10-17(16)2)31-25(35)15-38-29-24-12-23-20(14-34)13-30-18(3)26(23)37-28(24)32-27(33-29)19-6-5-7-22(11-19)36-4/h5-11,13,34H,12,14-15H2,1-4H3,(H,31,35). The van der Waals surface area contributed by atoms with Gasteiger partial charge in [0.1, 0.15) is 10.8 Å². The van der Waals surface area contributed by atoms with Gasteiger partial charge in [-0.05, 0) is 56.2 Å². The number of nitrogens with one attached hydrogen (secondary N) is 1. The third-order valence-electron chi connectivity index (χ3n) is 6.52. The van der Waals surface area contributed by atoms with Crippen LogP contribution in [0.4, 0.5) is 5.69 Å². The van der Waals surface area contributed by atoms with E-state index in [4.69, 9.17) is 19.4 Å². The predicted octanol–water partition coefficient (Wildman–Crippen LogP) is 5.39. The molecule has 4 aromatic rings. The lowest BCUT2D eigenvalue weighted by Crippen LogP contribution is -2.16. The van der Waals surface area contributed by atoms with Gasteiger partial charge in [-0.1, -0.05) is 30.0 Å². The molecule has 0 radical (unpaired) electrons. The molecule has 38 heavy (non-hydrogen) atoms. The van der Waals surface area contributed by atoms with Gasteiger partial charge in [-0.2, -0.15) is 4.98 Å². The number of hydrogen-bond acceptors (Lipinski definition) is 8. The molecule has 2 aromatic carbocycles. The van der Waals surface area contributed by atoms with Crippen molar-refractivity contribution in [2.75, 3.05) is 18.2 Å². The number of aliphatic hydroxyl groups excluding tert-OH is 1. The van der Waals surface area contributed by atoms with Gasteiger partial charge in [-0.25, -0.2) is 4.98 Å². The Morgan fingerprint density at radius 3 is 2.71 bits per heavy atom. The summed E-state index contributed by atoms with van der Waals surface area (Å²) in [5.74, 6) is 2.19. The Labute approximate surface area is 225 Å². The maximum absolute atomic E-state index is 12.9. The zero-order chi connectivity index (χ0) is 26.8. The van der Waals surface area contributed by atoms with Crippen LogP contribution in [0.15, 0.2) is 53.7 Å². The minimum absolute atomic E-state index is 0.137. The number of aromatic nitrogens is 3. The van der Waals surface area contributed by atoms with Crippen LogP contribution in [-0.4, -0.2) is 38.8 Å². The van der Waals surface area contributed by atoms with Crippen LogP contribution in [0.3, 0.4) is 0 Å². The van der Waals surface area contributed by atoms with Crippen molar-refractivity contribution in [2.45, 2.75) is 38.8 Å². The van der Waals surface area contributed by atoms with Crippen molar-refractivity contribution in [1.82, 2.24) is 15.0 Å². The van der Waals surface area contributed by atoms with Crippen LogP contribution in [-0.2, 0) is 17.8 Å². The highest BCUT2D eigenvalue weighted by molar-refractivity contribution is 8.00. The van der Waals surface area contributed by atoms with Gasteiger partial charge in [0, 0.05) is 35.0 Å². The number of hydrogen-bond donors (Lipinski definition) is 2. The third-order valence-corrected chi connectivity index (χ3v) is 7.53. The van der Waals surface area contributed by atoms with E-state index in [9.17, 15) is 9.90 Å². The summed E-state index contributed by atoms with van der Waals surface area (Å²) in [7, 11) is 1.61. The van der Waals surface area contributed by atoms with E-state index < -0.39 is 0 Å². The van der Waals surface area contributed by atoms with Crippen LogP contribution in [0.5, 0.6) is 17.4 Å². The number of anilines is 1. The summed E-state index contributed by atoms with van der Waals surface area (Å²) in [6.07, 6.45) is 2.13. The fraction of sp³-hybridized carbons (Fsp3) is 0.241. The Balaban J connectivity index is 1.49. The molecule has 194 valence electrons. The topological polar surface area (TPSA) is 106 Å². The first-order valence-corrected chi connectivity index (χ1v) is 13.2. The van der Waals surface area contributed by atoms with Gasteiger partial charge < -0.3 is 19.9 Å². The molecule has 0 atom stereocenters. The van der Waals surface area contributed by atoms with E-state index >= 15 is 0 Å². The van der Waals surface area contributed by atoms with Gasteiger partial charge in [0.2, 0.25) is 11.8 Å². The molecule has 0 saturated heterocycles. The summed E-state index contributed by atoms with van der Waals surface area (Å²) >= 11 is 1.33. The number of ether oxygens (including phenoxy) is 2. The van der Waals surface area contributed by atoms with Gasteiger partial charge >= 0.3 is 0 Å². The summed E-state index contributed by atoms with van der Waals surface area (Å²) in [5, 5.41) is 13.5. The summed E-state index contributed by atoms with van der Waals surface area (Å²) in [6.45, 7) is 5.76. The molecule has 0 fully saturated rings. The molecule has 0 bridgehead atoms. The molecule has 0 unspecified atom stereocenters. The van der Waals surface area contributed by atoms with E-state index in [-0.39, 0.29) is 18.3 Å². The van der Waals surface area contributed by atoms with Crippen molar-refractivity contribution in [2.24, 2.45) is 0 Å². The van der Waals surface area contributed by atoms with Crippen LogP contribution in [0, 0.1) is 20.8 Å². The third kappa shape index (κ3) is 5.20. The number of amides is 1. The highest BCUT2D eigenvalue weighted by Crippen LogP contribution is 2.42. The molecule has 1 amide bonds. The SMILES string of the molecule is COc1cccc(-c2nc3c(c(SCC(=O)Nc4ccc(C)c(C)c4)n2)Cc2c(CO)cnc(C)c2O3)c1. The molecule has 1 aliphatic heterocycles. The van der Waals surface area contributed by atoms with E-state index in [1.807, 2.05) is 63.2 Å². The Hall–Kier alpha value is -3.95. The number of rotatable bonds is 7. The smallest absolute Gasteiger partial charge is 0.234 e. The number of benzene rings is 2. The van der Waals surface area contributed by atoms with E-state index in [1.165, 1.54) is 17.3 Å². The van der Waals surface area contributed by atoms with E-state index in [1.54, 1.807) is 13.3 Å². The number of aryl methyl sites for hydroxylation is 3. The molecule has 0 saturated carbocycles. The van der Waals surface area contributed by atoms with Gasteiger partial charge in [0.15, 0.2) is 11.6 Å². The van der Waals surface area contributed by atoms with Crippen molar-refractivity contribution < 1.29 is 19.4 Å². The monoisotopic (exact) mass is 528 g/mol. The molecule has 9 heteroatoms. The minimum atomic E-state index is -0.155. The Morgan fingerprint density at radius 2 is 1.95 bits per heavy atom. The van der Waals surface area contributed by atoms with Crippen LogP contribution < -0.4 is 14.8 Å². The fourth-order valence-electron chi connectivity index (χ4n) is 4.25. The second kappa shape index (κ2) is 10.8. The Kier molecular flexibility index (Phi) is 7.31. The second-order valence-corrected chi connectivity index (χ2v) is 10.1. The first-order valence-electron chi connectivity index (χ1n) is 12.2. The molecule has 0 spiro atoms. The normalized spacial score (nSPS) is 11.8. The lowest BCUT2D eigenvalue weighted by Gasteiger charge is -2.24. The average Bonchev–Trinajstić information content (AvgIpc) is 2.93. The largest absolute Gasteiger partial charge is 0.497 e. The van der Waals surface area contributed by atoms with Gasteiger partial charge in [-0.15, -0.1) is 0 Å². The molecule has 0 aliphatic carbocycles. The van der Waals surface area contributed by atoms with Crippen LogP contribution in [0.25, 0.3) is 11.4 Å². The van der Waals surface area contributed by atoms with Crippen LogP contribution in [0.2, 0.25) is 0 Å².